The average Bonchev–Trinajstić information content (AvgIpc) is 3.14. The molecule has 1 N–H and O–H groups in total. The summed E-state index contributed by atoms with van der Waals surface area (Å²) in [6.45, 7) is 7.84. The standard InChI is InChI=1S/C22H32N4O2S.HI/c1-5-28-20-8-6-18(7-9-20)22(10-12-27-13-11-22)16-24-21(23-3)26(4)14-19-15-29-17(2)25-19;/h6-9,15H,5,10-14,16H2,1-4H3,(H,23,24);1H. The fourth-order valence-corrected chi connectivity index (χ4v) is 4.44. The number of nitrogens with one attached hydrogen (secondary N) is 1. The highest BCUT2D eigenvalue weighted by molar-refractivity contribution is 14.0. The van der Waals surface area contributed by atoms with Crippen molar-refractivity contribution < 1.29 is 9.47 Å². The fourth-order valence-electron chi connectivity index (χ4n) is 3.83. The van der Waals surface area contributed by atoms with Crippen molar-refractivity contribution in [2.75, 3.05) is 40.5 Å². The summed E-state index contributed by atoms with van der Waals surface area (Å²) in [6, 6.07) is 8.54. The van der Waals surface area contributed by atoms with Crippen LogP contribution in [0.4, 0.5) is 0 Å². The molecule has 1 aliphatic rings. The molecule has 2 heterocycles. The van der Waals surface area contributed by atoms with Crippen molar-refractivity contribution in [1.29, 1.82) is 0 Å². The van der Waals surface area contributed by atoms with Gasteiger partial charge in [-0.3, -0.25) is 4.99 Å². The van der Waals surface area contributed by atoms with E-state index in [0.29, 0.717) is 6.61 Å². The molecular weight excluding hydrogens is 511 g/mol. The Balaban J connectivity index is 0.00000320. The molecule has 166 valence electrons. The van der Waals surface area contributed by atoms with Crippen LogP contribution in [0.5, 0.6) is 5.75 Å². The molecule has 30 heavy (non-hydrogen) atoms. The molecule has 0 aliphatic carbocycles. The number of halogens is 1. The van der Waals surface area contributed by atoms with Crippen LogP contribution < -0.4 is 10.1 Å². The lowest BCUT2D eigenvalue weighted by Gasteiger charge is -2.39. The van der Waals surface area contributed by atoms with E-state index in [1.165, 1.54) is 5.56 Å². The number of nitrogens with zero attached hydrogens (tertiary/aromatic N) is 3. The molecule has 0 bridgehead atoms. The summed E-state index contributed by atoms with van der Waals surface area (Å²) in [4.78, 5) is 11.2. The Kier molecular flexibility index (Phi) is 9.83. The highest BCUT2D eigenvalue weighted by Crippen LogP contribution is 2.35. The van der Waals surface area contributed by atoms with Crippen molar-refractivity contribution in [2.24, 2.45) is 4.99 Å². The first-order valence-corrected chi connectivity index (χ1v) is 11.1. The summed E-state index contributed by atoms with van der Waals surface area (Å²) in [6.07, 6.45) is 1.97. The van der Waals surface area contributed by atoms with Gasteiger partial charge in [0.15, 0.2) is 5.96 Å². The molecule has 0 saturated carbocycles. The third-order valence-corrected chi connectivity index (χ3v) is 6.27. The molecular formula is C22H33IN4O2S. The molecule has 0 spiro atoms. The Bertz CT molecular complexity index is 804. The van der Waals surface area contributed by atoms with Crippen LogP contribution >= 0.6 is 35.3 Å². The Morgan fingerprint density at radius 2 is 2.00 bits per heavy atom. The summed E-state index contributed by atoms with van der Waals surface area (Å²) < 4.78 is 11.3. The molecule has 1 aliphatic heterocycles. The van der Waals surface area contributed by atoms with Gasteiger partial charge in [-0.15, -0.1) is 35.3 Å². The van der Waals surface area contributed by atoms with Crippen molar-refractivity contribution in [1.82, 2.24) is 15.2 Å². The topological polar surface area (TPSA) is 59.0 Å². The number of hydrogen-bond acceptors (Lipinski definition) is 5. The lowest BCUT2D eigenvalue weighted by Crippen LogP contribution is -2.48. The second-order valence-electron chi connectivity index (χ2n) is 7.46. The van der Waals surface area contributed by atoms with Crippen LogP contribution in [0.1, 0.15) is 36.0 Å². The molecule has 0 unspecified atom stereocenters. The highest BCUT2D eigenvalue weighted by Gasteiger charge is 2.35. The Labute approximate surface area is 201 Å². The van der Waals surface area contributed by atoms with Gasteiger partial charge in [0.25, 0.3) is 0 Å². The molecule has 1 aromatic heterocycles. The van der Waals surface area contributed by atoms with E-state index in [1.54, 1.807) is 11.3 Å². The number of thiazole rings is 1. The van der Waals surface area contributed by atoms with Crippen LogP contribution in [0.3, 0.4) is 0 Å². The smallest absolute Gasteiger partial charge is 0.193 e. The van der Waals surface area contributed by atoms with Crippen LogP contribution in [0, 0.1) is 6.92 Å². The van der Waals surface area contributed by atoms with E-state index >= 15 is 0 Å². The number of aryl methyl sites for hydroxylation is 1. The molecule has 0 atom stereocenters. The van der Waals surface area contributed by atoms with Crippen LogP contribution in [-0.4, -0.2) is 56.3 Å². The molecule has 1 aromatic carbocycles. The van der Waals surface area contributed by atoms with Crippen LogP contribution in [0.25, 0.3) is 0 Å². The van der Waals surface area contributed by atoms with Crippen LogP contribution in [-0.2, 0) is 16.7 Å². The van der Waals surface area contributed by atoms with Crippen LogP contribution in [0.15, 0.2) is 34.6 Å². The lowest BCUT2D eigenvalue weighted by molar-refractivity contribution is 0.0512. The summed E-state index contributed by atoms with van der Waals surface area (Å²) in [5.74, 6) is 1.80. The fraction of sp³-hybridized carbons (Fsp3) is 0.545. The molecule has 1 fully saturated rings. The Morgan fingerprint density at radius 1 is 1.30 bits per heavy atom. The van der Waals surface area contributed by atoms with Gasteiger partial charge >= 0.3 is 0 Å². The van der Waals surface area contributed by atoms with Gasteiger partial charge in [-0.05, 0) is 44.4 Å². The van der Waals surface area contributed by atoms with Gasteiger partial charge < -0.3 is 19.7 Å². The summed E-state index contributed by atoms with van der Waals surface area (Å²) in [5.41, 5.74) is 2.42. The lowest BCUT2D eigenvalue weighted by atomic mass is 9.74. The zero-order valence-corrected chi connectivity index (χ0v) is 21.5. The minimum absolute atomic E-state index is 0. The number of rotatable bonds is 7. The maximum Gasteiger partial charge on any atom is 0.193 e. The zero-order chi connectivity index (χ0) is 20.7. The van der Waals surface area contributed by atoms with Gasteiger partial charge in [-0.25, -0.2) is 4.98 Å². The molecule has 0 amide bonds. The minimum Gasteiger partial charge on any atom is -0.494 e. The van der Waals surface area contributed by atoms with E-state index in [1.807, 2.05) is 20.9 Å². The van der Waals surface area contributed by atoms with Crippen molar-refractivity contribution in [3.8, 4) is 5.75 Å². The van der Waals surface area contributed by atoms with Gasteiger partial charge in [-0.1, -0.05) is 12.1 Å². The molecule has 1 saturated heterocycles. The molecule has 3 rings (SSSR count). The average molecular weight is 545 g/mol. The van der Waals surface area contributed by atoms with Crippen molar-refractivity contribution >= 4 is 41.3 Å². The first-order chi connectivity index (χ1) is 14.1. The van der Waals surface area contributed by atoms with Gasteiger partial charge in [0.2, 0.25) is 0 Å². The minimum atomic E-state index is 0. The second-order valence-corrected chi connectivity index (χ2v) is 8.53. The molecule has 6 nitrogen and oxygen atoms in total. The molecule has 2 aromatic rings. The van der Waals surface area contributed by atoms with E-state index in [0.717, 1.165) is 61.6 Å². The highest BCUT2D eigenvalue weighted by atomic mass is 127. The number of aromatic nitrogens is 1. The Hall–Kier alpha value is -1.39. The maximum absolute atomic E-state index is 5.67. The third-order valence-electron chi connectivity index (χ3n) is 5.45. The van der Waals surface area contributed by atoms with E-state index in [9.17, 15) is 0 Å². The maximum atomic E-state index is 5.67. The van der Waals surface area contributed by atoms with Gasteiger partial charge in [0.1, 0.15) is 5.75 Å². The molecule has 8 heteroatoms. The zero-order valence-electron chi connectivity index (χ0n) is 18.3. The SMILES string of the molecule is CCOc1ccc(C2(CNC(=NC)N(C)Cc3csc(C)n3)CCOCC2)cc1.I. The number of hydrogen-bond donors (Lipinski definition) is 1. The van der Waals surface area contributed by atoms with E-state index in [-0.39, 0.29) is 29.4 Å². The third kappa shape index (κ3) is 6.31. The summed E-state index contributed by atoms with van der Waals surface area (Å²) in [5, 5.41) is 6.81. The molecule has 0 radical (unpaired) electrons. The number of guanidine groups is 1. The quantitative estimate of drug-likeness (QED) is 0.322. The van der Waals surface area contributed by atoms with Crippen molar-refractivity contribution in [3.63, 3.8) is 0 Å². The number of benzene rings is 1. The van der Waals surface area contributed by atoms with Crippen molar-refractivity contribution in [2.45, 2.75) is 38.6 Å². The predicted octanol–water partition coefficient (Wildman–Crippen LogP) is 4.22. The summed E-state index contributed by atoms with van der Waals surface area (Å²) in [7, 11) is 3.89. The van der Waals surface area contributed by atoms with Crippen molar-refractivity contribution in [3.05, 3.63) is 45.9 Å². The Morgan fingerprint density at radius 3 is 2.57 bits per heavy atom. The second kappa shape index (κ2) is 11.9. The summed E-state index contributed by atoms with van der Waals surface area (Å²) >= 11 is 1.68. The number of aliphatic imine (C=N–C) groups is 1. The van der Waals surface area contributed by atoms with E-state index in [4.69, 9.17) is 9.47 Å². The normalized spacial score (nSPS) is 15.9. The van der Waals surface area contributed by atoms with E-state index in [2.05, 4.69) is 56.9 Å². The van der Waals surface area contributed by atoms with Gasteiger partial charge in [0.05, 0.1) is 23.9 Å². The number of ether oxygens (including phenoxy) is 2. The monoisotopic (exact) mass is 544 g/mol. The van der Waals surface area contributed by atoms with Crippen LogP contribution in [0.2, 0.25) is 0 Å². The largest absolute Gasteiger partial charge is 0.494 e. The van der Waals surface area contributed by atoms with E-state index < -0.39 is 0 Å². The van der Waals surface area contributed by atoms with Gasteiger partial charge in [0, 0.05) is 44.6 Å². The predicted molar refractivity (Wildman–Crippen MR) is 134 cm³/mol. The first-order valence-electron chi connectivity index (χ1n) is 10.2. The van der Waals surface area contributed by atoms with Gasteiger partial charge in [-0.2, -0.15) is 0 Å². The first kappa shape index (κ1) is 24.9.